The maximum Gasteiger partial charge on any atom is 0.481 e. The molecule has 1 aromatic heterocycles. The molecule has 19 nitrogen and oxygen atoms in total. The van der Waals surface area contributed by atoms with Crippen LogP contribution in [0.4, 0.5) is 5.82 Å². The van der Waals surface area contributed by atoms with Crippen LogP contribution in [0.25, 0.3) is 0 Å². The van der Waals surface area contributed by atoms with Gasteiger partial charge in [0, 0.05) is 19.0 Å². The fourth-order valence-corrected chi connectivity index (χ4v) is 9.38. The van der Waals surface area contributed by atoms with Crippen molar-refractivity contribution in [2.24, 2.45) is 0 Å². The van der Waals surface area contributed by atoms with Gasteiger partial charge in [0.15, 0.2) is 12.3 Å². The maximum absolute atomic E-state index is 12.9. The van der Waals surface area contributed by atoms with E-state index in [-0.39, 0.29) is 30.9 Å². The van der Waals surface area contributed by atoms with Crippen molar-refractivity contribution < 1.29 is 71.0 Å². The molecule has 21 heteroatoms. The van der Waals surface area contributed by atoms with Crippen molar-refractivity contribution in [1.82, 2.24) is 9.55 Å². The predicted octanol–water partition coefficient (Wildman–Crippen LogP) is 9.65. The highest BCUT2D eigenvalue weighted by Gasteiger charge is 2.46. The number of unbranched alkanes of at least 4 members (excludes halogenated alkanes) is 7. The van der Waals surface area contributed by atoms with E-state index in [1.54, 1.807) is 0 Å². The van der Waals surface area contributed by atoms with Gasteiger partial charge in [-0.3, -0.25) is 23.2 Å². The number of allylic oxidation sites excluding steroid dienone is 13. The van der Waals surface area contributed by atoms with E-state index in [1.165, 1.54) is 44.6 Å². The summed E-state index contributed by atoms with van der Waals surface area (Å²) in [5.41, 5.74) is 4.58. The Kier molecular flexibility index (Phi) is 31.8. The third kappa shape index (κ3) is 29.0. The number of nitrogens with zero attached hydrogens (tertiary/aromatic N) is 2. The third-order valence-corrected chi connectivity index (χ3v) is 14.0. The van der Waals surface area contributed by atoms with E-state index in [9.17, 15) is 43.5 Å². The number of phosphoric acid groups is 2. The number of aliphatic hydroxyl groups excluding tert-OH is 2. The monoisotopic (exact) mass is 1070 g/mol. The zero-order valence-corrected chi connectivity index (χ0v) is 44.4. The Morgan fingerprint density at radius 1 is 0.685 bits per heavy atom. The Bertz CT molecular complexity index is 2120. The number of carbonyl (C=O) groups is 2. The molecule has 3 rings (SSSR count). The molecule has 6 N–H and O–H groups in total. The number of hydrogen-bond acceptors (Lipinski definition) is 16. The molecule has 0 aromatic carbocycles. The average Bonchev–Trinajstić information content (AvgIpc) is 4.04. The first-order valence-electron chi connectivity index (χ1n) is 25.7. The normalized spacial score (nSPS) is 22.4. The van der Waals surface area contributed by atoms with Crippen molar-refractivity contribution in [2.45, 2.75) is 185 Å². The quantitative estimate of drug-likeness (QED) is 0.0134. The van der Waals surface area contributed by atoms with Crippen LogP contribution in [0.5, 0.6) is 0 Å². The standard InChI is InChI=1S/C52H81N3O16P2/c1-3-5-7-9-11-13-15-17-18-19-20-21-23-25-27-29-31-35-48(57)68-42(39-65-47(56)36-32-34-44-43(69-44)33-30-28-26-24-22-16-14-12-10-8-6-4-2)40-66-72(61,62)71-73(63,64)67-41-45-49(58)50(59)51(70-45)55-38-37-46(53)54-52(55)60/h11-14,17-18,20-22,24-25,27-28,30,37-38,42-45,49-51,58-59H,3-10,15-16,19,23,26,29,31-36,39-41H2,1-2H3,(H,61,62)(H,63,64)(H2,53,54,60)/b13-11-,14-12-,18-17-,21-20-,24-22-,27-25-,30-28-/t42-,43?,44?,45-,49-,50-,51-/m1/s1. The molecular weight excluding hydrogens is 985 g/mol. The number of anilines is 1. The van der Waals surface area contributed by atoms with Gasteiger partial charge in [-0.15, -0.1) is 0 Å². The summed E-state index contributed by atoms with van der Waals surface area (Å²) in [6, 6.07) is 1.24. The molecule has 0 radical (unpaired) electrons. The summed E-state index contributed by atoms with van der Waals surface area (Å²) >= 11 is 0. The second kappa shape index (κ2) is 36.8. The van der Waals surface area contributed by atoms with Crippen LogP contribution in [0.2, 0.25) is 0 Å². The summed E-state index contributed by atoms with van der Waals surface area (Å²) in [5, 5.41) is 20.9. The molecular formula is C52H81N3O16P2. The minimum Gasteiger partial charge on any atom is -0.462 e. The lowest BCUT2D eigenvalue weighted by atomic mass is 10.1. The Morgan fingerprint density at radius 3 is 1.79 bits per heavy atom. The number of aliphatic hydroxyl groups is 2. The molecule has 0 bridgehead atoms. The van der Waals surface area contributed by atoms with Crippen LogP contribution in [0.3, 0.4) is 0 Å². The van der Waals surface area contributed by atoms with E-state index in [1.807, 2.05) is 12.2 Å². The highest BCUT2D eigenvalue weighted by molar-refractivity contribution is 7.61. The van der Waals surface area contributed by atoms with Crippen LogP contribution in [-0.4, -0.2) is 97.9 Å². The minimum absolute atomic E-state index is 0.0201. The Labute approximate surface area is 431 Å². The van der Waals surface area contributed by atoms with Crippen molar-refractivity contribution in [3.8, 4) is 0 Å². The van der Waals surface area contributed by atoms with E-state index in [4.69, 9.17) is 33.7 Å². The molecule has 0 aliphatic carbocycles. The smallest absolute Gasteiger partial charge is 0.462 e. The van der Waals surface area contributed by atoms with Crippen LogP contribution >= 0.6 is 15.6 Å². The second-order valence-electron chi connectivity index (χ2n) is 17.7. The van der Waals surface area contributed by atoms with Crippen LogP contribution in [0.15, 0.2) is 102 Å². The van der Waals surface area contributed by atoms with Gasteiger partial charge in [-0.1, -0.05) is 125 Å². The maximum atomic E-state index is 12.9. The first kappa shape index (κ1) is 63.2. The fraction of sp³-hybridized carbons (Fsp3) is 0.615. The lowest BCUT2D eigenvalue weighted by Crippen LogP contribution is -2.36. The SMILES string of the molecule is CCCCC/C=C\C/C=C\C/C=C\C/C=C\CCCC(=O)O[C@H](COC(=O)CCCC1OC1C/C=C\C/C=C\C/C=C\CCCCC)COP(=O)(O)OP(=O)(O)OC[C@H]1O[C@@H](n2ccc(N)nc2=O)[C@H](O)[C@@H]1O. The number of ether oxygens (including phenoxy) is 4. The molecule has 9 atom stereocenters. The Balaban J connectivity index is 1.44. The van der Waals surface area contributed by atoms with Crippen LogP contribution in [0, 0.1) is 0 Å². The lowest BCUT2D eigenvalue weighted by molar-refractivity contribution is -0.161. The van der Waals surface area contributed by atoms with Gasteiger partial charge in [0.2, 0.25) is 0 Å². The molecule has 410 valence electrons. The topological polar surface area (TPSA) is 278 Å². The molecule has 1 aromatic rings. The number of nitrogens with two attached hydrogens (primary N) is 1. The van der Waals surface area contributed by atoms with Crippen LogP contribution in [-0.2, 0) is 51.0 Å². The lowest BCUT2D eigenvalue weighted by Gasteiger charge is -2.21. The minimum atomic E-state index is -5.46. The molecule has 0 saturated carbocycles. The molecule has 2 aliphatic rings. The Hall–Kier alpha value is -4.10. The van der Waals surface area contributed by atoms with Gasteiger partial charge < -0.3 is 44.7 Å². The van der Waals surface area contributed by atoms with Gasteiger partial charge in [-0.05, 0) is 96.0 Å². The first-order chi connectivity index (χ1) is 35.1. The highest BCUT2D eigenvalue weighted by Crippen LogP contribution is 2.60. The largest absolute Gasteiger partial charge is 0.481 e. The third-order valence-electron chi connectivity index (χ3n) is 11.4. The summed E-state index contributed by atoms with van der Waals surface area (Å²) in [6.07, 6.45) is 39.7. The molecule has 2 saturated heterocycles. The molecule has 0 amide bonds. The van der Waals surface area contributed by atoms with Gasteiger partial charge in [0.05, 0.1) is 25.4 Å². The van der Waals surface area contributed by atoms with Crippen LogP contribution in [0.1, 0.15) is 148 Å². The van der Waals surface area contributed by atoms with Crippen molar-refractivity contribution in [2.75, 3.05) is 25.6 Å². The van der Waals surface area contributed by atoms with E-state index in [0.717, 1.165) is 62.1 Å². The summed E-state index contributed by atoms with van der Waals surface area (Å²) < 4.78 is 62.5. The second-order valence-corrected chi connectivity index (χ2v) is 20.7. The van der Waals surface area contributed by atoms with Crippen molar-refractivity contribution >= 4 is 33.4 Å². The van der Waals surface area contributed by atoms with Gasteiger partial charge >= 0.3 is 33.3 Å². The van der Waals surface area contributed by atoms with E-state index < -0.39 is 83.7 Å². The number of carbonyl (C=O) groups excluding carboxylic acids is 2. The van der Waals surface area contributed by atoms with E-state index >= 15 is 0 Å². The van der Waals surface area contributed by atoms with Crippen molar-refractivity contribution in [1.29, 1.82) is 0 Å². The number of hydrogen-bond donors (Lipinski definition) is 5. The molecule has 2 aliphatic heterocycles. The summed E-state index contributed by atoms with van der Waals surface area (Å²) in [4.78, 5) is 62.0. The molecule has 4 unspecified atom stereocenters. The molecule has 0 spiro atoms. The van der Waals surface area contributed by atoms with Gasteiger partial charge in [0.25, 0.3) is 0 Å². The van der Waals surface area contributed by atoms with Gasteiger partial charge in [0.1, 0.15) is 30.7 Å². The number of nitrogen functional groups attached to an aromatic ring is 1. The zero-order valence-electron chi connectivity index (χ0n) is 42.6. The summed E-state index contributed by atoms with van der Waals surface area (Å²) in [7, 11) is -10.9. The fourth-order valence-electron chi connectivity index (χ4n) is 7.27. The van der Waals surface area contributed by atoms with E-state index in [2.05, 4.69) is 96.1 Å². The Morgan fingerprint density at radius 2 is 1.22 bits per heavy atom. The molecule has 2 fully saturated rings. The number of aromatic nitrogens is 2. The zero-order chi connectivity index (χ0) is 53.2. The number of rotatable bonds is 40. The number of esters is 2. The van der Waals surface area contributed by atoms with Crippen molar-refractivity contribution in [3.05, 3.63) is 108 Å². The van der Waals surface area contributed by atoms with Gasteiger partial charge in [-0.2, -0.15) is 9.29 Å². The average molecular weight is 1070 g/mol. The number of phosphoric ester groups is 2. The van der Waals surface area contributed by atoms with E-state index in [0.29, 0.717) is 25.7 Å². The van der Waals surface area contributed by atoms with Crippen molar-refractivity contribution in [3.63, 3.8) is 0 Å². The highest BCUT2D eigenvalue weighted by atomic mass is 31.3. The first-order valence-corrected chi connectivity index (χ1v) is 28.7. The molecule has 3 heterocycles. The summed E-state index contributed by atoms with van der Waals surface area (Å²) in [6.45, 7) is 1.96. The number of epoxide rings is 1. The summed E-state index contributed by atoms with van der Waals surface area (Å²) in [5.74, 6) is -1.45. The predicted molar refractivity (Wildman–Crippen MR) is 279 cm³/mol. The van der Waals surface area contributed by atoms with Gasteiger partial charge in [-0.25, -0.2) is 13.9 Å². The molecule has 73 heavy (non-hydrogen) atoms. The van der Waals surface area contributed by atoms with Crippen LogP contribution < -0.4 is 11.4 Å².